The van der Waals surface area contributed by atoms with Gasteiger partial charge in [0.2, 0.25) is 0 Å². The topological polar surface area (TPSA) is 0 Å². The van der Waals surface area contributed by atoms with Crippen molar-refractivity contribution in [3.63, 3.8) is 0 Å². The molecule has 0 amide bonds. The third kappa shape index (κ3) is 23.7. The normalized spacial score (nSPS) is 8.96. The second-order valence-corrected chi connectivity index (χ2v) is 4.82. The highest BCUT2D eigenvalue weighted by molar-refractivity contribution is 7.89. The van der Waals surface area contributed by atoms with Gasteiger partial charge in [0.15, 0.2) is 0 Å². The third-order valence-corrected chi connectivity index (χ3v) is 2.83. The van der Waals surface area contributed by atoms with Crippen LogP contribution in [0.25, 0.3) is 0 Å². The zero-order chi connectivity index (χ0) is 28.8. The first kappa shape index (κ1) is 22.8. The van der Waals surface area contributed by atoms with E-state index < -0.39 is 19.2 Å². The highest BCUT2D eigenvalue weighted by Crippen LogP contribution is 2.06. The van der Waals surface area contributed by atoms with Crippen LogP contribution in [-0.2, 0) is 6.42 Å². The van der Waals surface area contributed by atoms with Gasteiger partial charge in [-0.05, 0) is 25.3 Å². The molecule has 1 aromatic carbocycles. The number of rotatable bonds is 5. The largest absolute Gasteiger partial charge is 0.0683 e. The van der Waals surface area contributed by atoms with Gasteiger partial charge in [0.25, 0.3) is 0 Å². The Morgan fingerprint density at radius 2 is 1.16 bits per heavy atom. The van der Waals surface area contributed by atoms with Gasteiger partial charge in [-0.25, -0.2) is 0 Å². The third-order valence-electron chi connectivity index (χ3n) is 2.83. The first-order valence-electron chi connectivity index (χ1n) is 13.7. The second kappa shape index (κ2) is 26.0. The molecule has 0 atom stereocenters. The SMILES string of the molecule is CC.CC.CC.CCCCc1ccc(C)cc1.[2H][2H].[2H][2H].[2H][2H].[2H][2H].[B]B([B])B([B])B([B])[B]. The van der Waals surface area contributed by atoms with Crippen molar-refractivity contribution in [1.82, 2.24) is 0 Å². The lowest BCUT2D eigenvalue weighted by Gasteiger charge is -2.13. The Balaban J connectivity index is -0.0000000419. The van der Waals surface area contributed by atoms with E-state index in [1.807, 2.05) is 41.5 Å². The summed E-state index contributed by atoms with van der Waals surface area (Å²) in [5.74, 6) is 0. The Bertz CT molecular complexity index is 346. The van der Waals surface area contributed by atoms with Gasteiger partial charge in [-0.1, -0.05) is 84.7 Å². The number of hydrogen-bond donors (Lipinski definition) is 0. The molecule has 0 nitrogen and oxygen atoms in total. The van der Waals surface area contributed by atoms with E-state index in [1.165, 1.54) is 30.4 Å². The molecule has 25 heavy (non-hydrogen) atoms. The first-order valence-corrected chi connectivity index (χ1v) is 9.72. The molecule has 0 aromatic heterocycles. The van der Waals surface area contributed by atoms with Gasteiger partial charge in [-0.2, -0.15) is 0 Å². The van der Waals surface area contributed by atoms with E-state index in [4.69, 9.17) is 50.6 Å². The highest BCUT2D eigenvalue weighted by Gasteiger charge is 2.14. The first-order chi connectivity index (χ1) is 15.9. The minimum absolute atomic E-state index is 0.519. The summed E-state index contributed by atoms with van der Waals surface area (Å²) < 4.78 is 40.0. The summed E-state index contributed by atoms with van der Waals surface area (Å²) in [7, 11) is 25.8. The lowest BCUT2D eigenvalue weighted by atomic mass is 8.68. The summed E-state index contributed by atoms with van der Waals surface area (Å²) in [6, 6.07) is 8.83. The Kier molecular flexibility index (Phi) is 23.7. The number of hydrogen-bond acceptors (Lipinski definition) is 0. The van der Waals surface area contributed by atoms with Gasteiger partial charge in [0.05, 0.1) is 0 Å². The summed E-state index contributed by atoms with van der Waals surface area (Å²) >= 11 is 0. The van der Waals surface area contributed by atoms with E-state index in [9.17, 15) is 0 Å². The molecule has 134 valence electrons. The molecule has 0 heterocycles. The fourth-order valence-electron chi connectivity index (χ4n) is 1.39. The van der Waals surface area contributed by atoms with Gasteiger partial charge in [0.1, 0.15) is 0 Å². The molecule has 0 aliphatic heterocycles. The molecule has 1 aromatic rings. The van der Waals surface area contributed by atoms with Crippen molar-refractivity contribution in [3.8, 4) is 0 Å². The summed E-state index contributed by atoms with van der Waals surface area (Å²) in [4.78, 5) is 0. The molecular formula is C17H42B8. The van der Waals surface area contributed by atoms with Crippen LogP contribution in [0.5, 0.6) is 0 Å². The van der Waals surface area contributed by atoms with Crippen LogP contribution in [0.3, 0.4) is 0 Å². The summed E-state index contributed by atoms with van der Waals surface area (Å²) in [6.45, 7) is 16.4. The van der Waals surface area contributed by atoms with E-state index in [0.717, 1.165) is 0 Å². The van der Waals surface area contributed by atoms with Gasteiger partial charge in [0, 0.05) is 69.7 Å². The fourth-order valence-corrected chi connectivity index (χ4v) is 1.39. The highest BCUT2D eigenvalue weighted by atomic mass is 14.0. The molecule has 0 bridgehead atoms. The molecule has 8 heteroatoms. The monoisotopic (exact) mass is 342 g/mol. The minimum atomic E-state index is -0.630. The average molecular weight is 341 g/mol. The summed E-state index contributed by atoms with van der Waals surface area (Å²) in [6.07, 6.45) is 2.05. The van der Waals surface area contributed by atoms with Gasteiger partial charge >= 0.3 is 0 Å². The smallest absolute Gasteiger partial charge is 0 e. The Morgan fingerprint density at radius 1 is 0.800 bits per heavy atom. The Labute approximate surface area is 180 Å². The standard InChI is InChI=1S/C11H16.3C2H6.B8.4H2/c1-3-4-5-11-8-6-10(2)7-9-11;3*1-2;1-6(2)8(5)7(3)4;;;;/h6-9H,3-5H2,1-2H3;3*1-2H3;;4*1H/i;;;;;4*1+1D. The van der Waals surface area contributed by atoms with Crippen LogP contribution in [0.15, 0.2) is 24.3 Å². The molecule has 0 aliphatic carbocycles. The minimum Gasteiger partial charge on any atom is -0.0683 e. The van der Waals surface area contributed by atoms with Gasteiger partial charge in [-0.3, -0.25) is 0 Å². The van der Waals surface area contributed by atoms with Crippen molar-refractivity contribution in [2.24, 2.45) is 0 Å². The molecule has 1 rings (SSSR count). The van der Waals surface area contributed by atoms with E-state index >= 15 is 0 Å². The van der Waals surface area contributed by atoms with Crippen molar-refractivity contribution < 1.29 is 11.9 Å². The van der Waals surface area contributed by atoms with Crippen LogP contribution in [0.4, 0.5) is 0 Å². The summed E-state index contributed by atoms with van der Waals surface area (Å²) in [5, 5.41) is 0. The number of aryl methyl sites for hydroxylation is 2. The van der Waals surface area contributed by atoms with Crippen LogP contribution < -0.4 is 0 Å². The zero-order valence-corrected chi connectivity index (χ0v) is 18.0. The zero-order valence-electron chi connectivity index (χ0n) is 26.0. The van der Waals surface area contributed by atoms with Crippen molar-refractivity contribution in [3.05, 3.63) is 35.4 Å². The Hall–Kier alpha value is -0.261. The maximum absolute atomic E-state index is 5.26. The molecule has 0 N–H and O–H groups in total. The predicted octanol–water partition coefficient (Wildman–Crippen LogP) is 4.35. The molecule has 0 unspecified atom stereocenters. The van der Waals surface area contributed by atoms with Crippen LogP contribution in [0.1, 0.15) is 84.3 Å². The van der Waals surface area contributed by atoms with Crippen LogP contribution in [-0.4, -0.2) is 57.8 Å². The number of benzene rings is 1. The molecule has 0 saturated heterocycles. The van der Waals surface area contributed by atoms with Gasteiger partial charge in [-0.15, -0.1) is 0 Å². The van der Waals surface area contributed by atoms with Crippen LogP contribution in [0, 0.1) is 6.92 Å². The maximum Gasteiger partial charge on any atom is 0 e. The molecule has 0 saturated carbocycles. The predicted molar refractivity (Wildman–Crippen MR) is 138 cm³/mol. The fraction of sp³-hybridized carbons (Fsp3) is 0.647. The van der Waals surface area contributed by atoms with Crippen molar-refractivity contribution in [2.75, 3.05) is 0 Å². The van der Waals surface area contributed by atoms with E-state index in [1.54, 1.807) is 0 Å². The lowest BCUT2D eigenvalue weighted by molar-refractivity contribution is 0.795. The van der Waals surface area contributed by atoms with Crippen LogP contribution in [0.2, 0.25) is 0 Å². The van der Waals surface area contributed by atoms with Crippen LogP contribution >= 0.6 is 0 Å². The molecule has 0 aliphatic rings. The molecular weight excluding hydrogens is 291 g/mol. The van der Waals surface area contributed by atoms with Gasteiger partial charge < -0.3 is 0 Å². The second-order valence-electron chi connectivity index (χ2n) is 4.82. The quantitative estimate of drug-likeness (QED) is 0.699. The summed E-state index contributed by atoms with van der Waals surface area (Å²) in [5.41, 5.74) is 2.82. The van der Waals surface area contributed by atoms with E-state index in [2.05, 4.69) is 38.1 Å². The van der Waals surface area contributed by atoms with Crippen molar-refractivity contribution >= 4 is 57.8 Å². The van der Waals surface area contributed by atoms with E-state index in [0.29, 0.717) is 0 Å². The lowest BCUT2D eigenvalue weighted by Crippen LogP contribution is -2.52. The number of unbranched alkanes of at least 4 members (excludes halogenated alkanes) is 1. The maximum atomic E-state index is 5.26. The molecule has 10 radical (unpaired) electrons. The Morgan fingerprint density at radius 3 is 1.40 bits per heavy atom. The average Bonchev–Trinajstić information content (AvgIpc) is 2.91. The van der Waals surface area contributed by atoms with Crippen molar-refractivity contribution in [2.45, 2.75) is 74.7 Å². The van der Waals surface area contributed by atoms with E-state index in [-0.39, 0.29) is 0 Å². The molecule has 0 spiro atoms. The molecule has 0 fully saturated rings. The van der Waals surface area contributed by atoms with Crippen molar-refractivity contribution in [1.29, 1.82) is 0 Å².